The Bertz CT molecular complexity index is 985. The molecule has 0 spiro atoms. The van der Waals surface area contributed by atoms with Crippen LogP contribution in [0.25, 0.3) is 11.6 Å². The zero-order valence-electron chi connectivity index (χ0n) is 14.0. The largest absolute Gasteiger partial charge is 0.453 e. The molecule has 0 N–H and O–H groups in total. The highest BCUT2D eigenvalue weighted by molar-refractivity contribution is 5.91. The summed E-state index contributed by atoms with van der Waals surface area (Å²) in [5.41, 5.74) is 6.78. The summed E-state index contributed by atoms with van der Waals surface area (Å²) >= 11 is 0. The fraction of sp³-hybridized carbons (Fsp3) is 0.130. The second-order valence-corrected chi connectivity index (χ2v) is 6.63. The van der Waals surface area contributed by atoms with Gasteiger partial charge in [-0.3, -0.25) is 0 Å². The second-order valence-electron chi connectivity index (χ2n) is 6.63. The molecule has 0 aliphatic carbocycles. The summed E-state index contributed by atoms with van der Waals surface area (Å²) in [5.74, 6) is -0.0395. The number of para-hydroxylation sites is 1. The topological polar surface area (TPSA) is 18.5 Å². The highest BCUT2D eigenvalue weighted by Crippen LogP contribution is 2.50. The Morgan fingerprint density at radius 3 is 2.48 bits per heavy atom. The Labute approximate surface area is 147 Å². The highest BCUT2D eigenvalue weighted by atomic mass is 16.7. The second kappa shape index (κ2) is 5.33. The van der Waals surface area contributed by atoms with Crippen molar-refractivity contribution in [2.75, 3.05) is 0 Å². The molecule has 0 bridgehead atoms. The number of hydrogen-bond donors (Lipinski definition) is 0. The first-order chi connectivity index (χ1) is 12.3. The molecular formula is C23H18O2. The zero-order chi connectivity index (χ0) is 16.9. The molecule has 2 aliphatic rings. The smallest absolute Gasteiger partial charge is 0.265 e. The fourth-order valence-electron chi connectivity index (χ4n) is 3.67. The van der Waals surface area contributed by atoms with E-state index in [0.717, 1.165) is 22.4 Å². The van der Waals surface area contributed by atoms with Crippen LogP contribution in [0.2, 0.25) is 0 Å². The molecular weight excluding hydrogens is 308 g/mol. The normalized spacial score (nSPS) is 20.6. The van der Waals surface area contributed by atoms with Gasteiger partial charge in [-0.1, -0.05) is 72.3 Å². The van der Waals surface area contributed by atoms with Crippen LogP contribution >= 0.6 is 0 Å². The van der Waals surface area contributed by atoms with Crippen molar-refractivity contribution in [2.24, 2.45) is 0 Å². The van der Waals surface area contributed by atoms with Gasteiger partial charge in [-0.2, -0.15) is 0 Å². The van der Waals surface area contributed by atoms with E-state index in [4.69, 9.17) is 9.47 Å². The van der Waals surface area contributed by atoms with Gasteiger partial charge in [0.2, 0.25) is 0 Å². The minimum Gasteiger partial charge on any atom is -0.453 e. The monoisotopic (exact) mass is 326 g/mol. The van der Waals surface area contributed by atoms with E-state index in [-0.39, 0.29) is 0 Å². The summed E-state index contributed by atoms with van der Waals surface area (Å²) in [4.78, 5) is 0. The molecule has 0 fully saturated rings. The molecule has 122 valence electrons. The van der Waals surface area contributed by atoms with Gasteiger partial charge in [-0.05, 0) is 30.2 Å². The van der Waals surface area contributed by atoms with Gasteiger partial charge in [0.25, 0.3) is 5.79 Å². The molecule has 3 aromatic rings. The van der Waals surface area contributed by atoms with Crippen LogP contribution in [0.5, 0.6) is 5.75 Å². The van der Waals surface area contributed by atoms with Crippen molar-refractivity contribution in [3.8, 4) is 5.75 Å². The average molecular weight is 326 g/mol. The van der Waals surface area contributed by atoms with Gasteiger partial charge in [0.05, 0.1) is 6.61 Å². The van der Waals surface area contributed by atoms with E-state index in [2.05, 4.69) is 67.6 Å². The maximum atomic E-state index is 6.52. The van der Waals surface area contributed by atoms with E-state index in [0.29, 0.717) is 6.61 Å². The first-order valence-corrected chi connectivity index (χ1v) is 8.56. The maximum absolute atomic E-state index is 6.52. The van der Waals surface area contributed by atoms with E-state index in [1.165, 1.54) is 16.7 Å². The molecule has 2 aliphatic heterocycles. The van der Waals surface area contributed by atoms with Crippen molar-refractivity contribution in [1.82, 2.24) is 0 Å². The molecule has 0 amide bonds. The number of ether oxygens (including phenoxy) is 2. The van der Waals surface area contributed by atoms with Crippen LogP contribution in [0.3, 0.4) is 0 Å². The molecule has 0 aromatic heterocycles. The lowest BCUT2D eigenvalue weighted by molar-refractivity contribution is -0.160. The van der Waals surface area contributed by atoms with Gasteiger partial charge in [-0.25, -0.2) is 0 Å². The van der Waals surface area contributed by atoms with E-state index in [1.807, 2.05) is 18.2 Å². The van der Waals surface area contributed by atoms with Crippen molar-refractivity contribution in [1.29, 1.82) is 0 Å². The Kier molecular flexibility index (Phi) is 3.09. The predicted molar refractivity (Wildman–Crippen MR) is 99.0 cm³/mol. The molecule has 0 saturated carbocycles. The lowest BCUT2D eigenvalue weighted by Gasteiger charge is -2.43. The molecule has 1 unspecified atom stereocenters. The number of fused-ring (bicyclic) bond motifs is 4. The van der Waals surface area contributed by atoms with Crippen molar-refractivity contribution >= 4 is 11.6 Å². The fourth-order valence-corrected chi connectivity index (χ4v) is 3.67. The van der Waals surface area contributed by atoms with Crippen molar-refractivity contribution in [2.45, 2.75) is 19.3 Å². The number of hydrogen-bond acceptors (Lipinski definition) is 2. The van der Waals surface area contributed by atoms with E-state index in [9.17, 15) is 0 Å². The van der Waals surface area contributed by atoms with Gasteiger partial charge in [-0.15, -0.1) is 0 Å². The van der Waals surface area contributed by atoms with Crippen LogP contribution < -0.4 is 4.74 Å². The zero-order valence-corrected chi connectivity index (χ0v) is 14.0. The molecule has 2 nitrogen and oxygen atoms in total. The molecule has 25 heavy (non-hydrogen) atoms. The third-order valence-corrected chi connectivity index (χ3v) is 5.00. The Balaban J connectivity index is 1.79. The number of rotatable bonds is 1. The van der Waals surface area contributed by atoms with Crippen LogP contribution in [-0.2, 0) is 17.1 Å². The molecule has 0 saturated heterocycles. The molecule has 5 rings (SSSR count). The van der Waals surface area contributed by atoms with Crippen molar-refractivity contribution in [3.05, 3.63) is 101 Å². The van der Waals surface area contributed by atoms with Crippen LogP contribution in [0, 0.1) is 6.92 Å². The van der Waals surface area contributed by atoms with Gasteiger partial charge in [0.15, 0.2) is 0 Å². The van der Waals surface area contributed by atoms with Crippen LogP contribution in [0.4, 0.5) is 0 Å². The standard InChI is InChI=1S/C23H18O2/c1-16-10-12-19(13-11-16)23-21(14-17-6-3-5-9-22(17)25-23)20-8-4-2-7-18(20)15-24-23/h2-14H,15H2,1H3. The van der Waals surface area contributed by atoms with Gasteiger partial charge in [0.1, 0.15) is 5.75 Å². The van der Waals surface area contributed by atoms with Crippen molar-refractivity contribution < 1.29 is 9.47 Å². The summed E-state index contributed by atoms with van der Waals surface area (Å²) in [6.45, 7) is 2.62. The SMILES string of the molecule is Cc1ccc(C23OCc4ccccc4C2=Cc2ccccc2O3)cc1. The molecule has 0 radical (unpaired) electrons. The quantitative estimate of drug-likeness (QED) is 0.603. The van der Waals surface area contributed by atoms with Crippen molar-refractivity contribution in [3.63, 3.8) is 0 Å². The summed E-state index contributed by atoms with van der Waals surface area (Å²) < 4.78 is 12.9. The van der Waals surface area contributed by atoms with Crippen LogP contribution in [-0.4, -0.2) is 0 Å². The van der Waals surface area contributed by atoms with Crippen LogP contribution in [0.15, 0.2) is 72.8 Å². The minimum atomic E-state index is -0.892. The minimum absolute atomic E-state index is 0.531. The molecule has 2 heteroatoms. The Morgan fingerprint density at radius 1 is 0.840 bits per heavy atom. The third kappa shape index (κ3) is 2.15. The van der Waals surface area contributed by atoms with Gasteiger partial charge in [0, 0.05) is 16.7 Å². The van der Waals surface area contributed by atoms with E-state index in [1.54, 1.807) is 0 Å². The molecule has 2 heterocycles. The molecule has 1 atom stereocenters. The summed E-state index contributed by atoms with van der Waals surface area (Å²) in [7, 11) is 0. The lowest BCUT2D eigenvalue weighted by atomic mass is 9.83. The number of benzene rings is 3. The summed E-state index contributed by atoms with van der Waals surface area (Å²) in [5, 5.41) is 0. The molecule has 3 aromatic carbocycles. The first-order valence-electron chi connectivity index (χ1n) is 8.56. The summed E-state index contributed by atoms with van der Waals surface area (Å²) in [6, 6.07) is 24.9. The highest BCUT2D eigenvalue weighted by Gasteiger charge is 2.46. The lowest BCUT2D eigenvalue weighted by Crippen LogP contribution is -2.42. The van der Waals surface area contributed by atoms with Gasteiger partial charge < -0.3 is 9.47 Å². The van der Waals surface area contributed by atoms with E-state index >= 15 is 0 Å². The Morgan fingerprint density at radius 2 is 1.60 bits per heavy atom. The Hall–Kier alpha value is -2.84. The average Bonchev–Trinajstić information content (AvgIpc) is 2.67. The third-order valence-electron chi connectivity index (χ3n) is 5.00. The van der Waals surface area contributed by atoms with Gasteiger partial charge >= 0.3 is 0 Å². The maximum Gasteiger partial charge on any atom is 0.265 e. The first kappa shape index (κ1) is 14.5. The predicted octanol–water partition coefficient (Wildman–Crippen LogP) is 5.31. The summed E-state index contributed by atoms with van der Waals surface area (Å²) in [6.07, 6.45) is 2.21. The van der Waals surface area contributed by atoms with Crippen LogP contribution in [0.1, 0.15) is 27.8 Å². The number of aryl methyl sites for hydroxylation is 1. The van der Waals surface area contributed by atoms with E-state index < -0.39 is 5.79 Å².